The molecule has 0 spiro atoms. The van der Waals surface area contributed by atoms with Crippen molar-refractivity contribution in [3.05, 3.63) is 116 Å². The van der Waals surface area contributed by atoms with Gasteiger partial charge in [-0.1, -0.05) is 46.3 Å². The number of methoxy groups -OCH3 is 1. The molecule has 8 nitrogen and oxygen atoms in total. The number of benzene rings is 3. The summed E-state index contributed by atoms with van der Waals surface area (Å²) in [6.07, 6.45) is 0. The Balaban J connectivity index is 1.67. The molecule has 1 aliphatic rings. The summed E-state index contributed by atoms with van der Waals surface area (Å²) in [6, 6.07) is 26.1. The summed E-state index contributed by atoms with van der Waals surface area (Å²) >= 11 is 3.47. The second kappa shape index (κ2) is 9.25. The highest BCUT2D eigenvalue weighted by Crippen LogP contribution is 2.47. The standard InChI is InChI=1S/C29H19BrN4O4/c1-36-20-12-9-17-13-21(29(35)37-23(17)14-20)26-25-24(16-7-10-18(30)11-8-16)22(15-31)27(32)38-28(25)34(33-26)19-5-3-2-4-6-19/h2-14,24H,32H2,1H3. The Morgan fingerprint density at radius 1 is 1.08 bits per heavy atom. The molecule has 0 fully saturated rings. The van der Waals surface area contributed by atoms with Crippen molar-refractivity contribution in [2.75, 3.05) is 7.11 Å². The molecule has 1 aliphatic heterocycles. The van der Waals surface area contributed by atoms with Gasteiger partial charge in [-0.25, -0.2) is 4.79 Å². The molecule has 3 heterocycles. The maximum atomic E-state index is 13.4. The van der Waals surface area contributed by atoms with E-state index in [1.165, 1.54) is 0 Å². The van der Waals surface area contributed by atoms with E-state index in [4.69, 9.17) is 24.7 Å². The molecule has 1 unspecified atom stereocenters. The molecule has 5 aromatic rings. The van der Waals surface area contributed by atoms with Gasteiger partial charge in [0.15, 0.2) is 0 Å². The highest BCUT2D eigenvalue weighted by molar-refractivity contribution is 9.10. The maximum Gasteiger partial charge on any atom is 0.345 e. The van der Waals surface area contributed by atoms with Crippen LogP contribution in [0.4, 0.5) is 0 Å². The number of rotatable bonds is 4. The van der Waals surface area contributed by atoms with Crippen molar-refractivity contribution in [1.29, 1.82) is 5.26 Å². The highest BCUT2D eigenvalue weighted by Gasteiger charge is 2.38. The first-order chi connectivity index (χ1) is 18.5. The van der Waals surface area contributed by atoms with Gasteiger partial charge in [-0.15, -0.1) is 0 Å². The second-order valence-electron chi connectivity index (χ2n) is 8.64. The molecule has 0 saturated heterocycles. The van der Waals surface area contributed by atoms with E-state index < -0.39 is 11.5 Å². The molecule has 0 radical (unpaired) electrons. The van der Waals surface area contributed by atoms with Crippen LogP contribution >= 0.6 is 15.9 Å². The van der Waals surface area contributed by atoms with Crippen molar-refractivity contribution in [2.45, 2.75) is 5.92 Å². The van der Waals surface area contributed by atoms with Crippen LogP contribution in [0.5, 0.6) is 11.6 Å². The second-order valence-corrected chi connectivity index (χ2v) is 9.56. The third kappa shape index (κ3) is 3.83. The van der Waals surface area contributed by atoms with Gasteiger partial charge in [0, 0.05) is 15.9 Å². The van der Waals surface area contributed by atoms with Crippen molar-refractivity contribution in [3.63, 3.8) is 0 Å². The molecule has 38 heavy (non-hydrogen) atoms. The number of ether oxygens (including phenoxy) is 2. The number of fused-ring (bicyclic) bond motifs is 2. The maximum absolute atomic E-state index is 13.4. The predicted octanol–water partition coefficient (Wildman–Crippen LogP) is 5.63. The Hall–Kier alpha value is -4.81. The van der Waals surface area contributed by atoms with E-state index in [9.17, 15) is 10.1 Å². The molecule has 186 valence electrons. The van der Waals surface area contributed by atoms with Crippen molar-refractivity contribution < 1.29 is 13.9 Å². The van der Waals surface area contributed by atoms with Gasteiger partial charge in [-0.05, 0) is 48.0 Å². The number of halogens is 1. The zero-order valence-electron chi connectivity index (χ0n) is 20.0. The Labute approximate surface area is 225 Å². The Morgan fingerprint density at radius 2 is 1.84 bits per heavy atom. The predicted molar refractivity (Wildman–Crippen MR) is 145 cm³/mol. The fourth-order valence-electron chi connectivity index (χ4n) is 4.65. The van der Waals surface area contributed by atoms with Gasteiger partial charge in [0.1, 0.15) is 28.7 Å². The molecule has 0 bridgehead atoms. The zero-order chi connectivity index (χ0) is 26.4. The molecule has 0 amide bonds. The van der Waals surface area contributed by atoms with Crippen LogP contribution in [0.3, 0.4) is 0 Å². The first kappa shape index (κ1) is 23.6. The van der Waals surface area contributed by atoms with E-state index >= 15 is 0 Å². The summed E-state index contributed by atoms with van der Waals surface area (Å²) in [5, 5.41) is 15.6. The summed E-state index contributed by atoms with van der Waals surface area (Å²) in [4.78, 5) is 13.4. The van der Waals surface area contributed by atoms with Crippen molar-refractivity contribution in [2.24, 2.45) is 5.73 Å². The lowest BCUT2D eigenvalue weighted by atomic mass is 9.83. The summed E-state index contributed by atoms with van der Waals surface area (Å²) < 4.78 is 19.5. The van der Waals surface area contributed by atoms with Crippen molar-refractivity contribution in [3.8, 4) is 34.6 Å². The summed E-state index contributed by atoms with van der Waals surface area (Å²) in [6.45, 7) is 0. The Morgan fingerprint density at radius 3 is 2.55 bits per heavy atom. The molecular weight excluding hydrogens is 548 g/mol. The topological polar surface area (TPSA) is 116 Å². The van der Waals surface area contributed by atoms with E-state index in [1.807, 2.05) is 60.7 Å². The summed E-state index contributed by atoms with van der Waals surface area (Å²) in [5.74, 6) is 0.247. The van der Waals surface area contributed by atoms with Crippen LogP contribution in [-0.2, 0) is 0 Å². The minimum Gasteiger partial charge on any atom is -0.497 e. The van der Waals surface area contributed by atoms with Gasteiger partial charge in [0.2, 0.25) is 11.8 Å². The molecule has 2 N–H and O–H groups in total. The molecular formula is C29H19BrN4O4. The van der Waals surface area contributed by atoms with Crippen LogP contribution < -0.4 is 20.8 Å². The van der Waals surface area contributed by atoms with Crippen LogP contribution in [0.1, 0.15) is 17.0 Å². The molecule has 1 atom stereocenters. The third-order valence-corrected chi connectivity index (χ3v) is 6.98. The number of nitrogens with two attached hydrogens (primary N) is 1. The minimum atomic E-state index is -0.629. The summed E-state index contributed by atoms with van der Waals surface area (Å²) in [5.41, 5.74) is 8.92. The van der Waals surface area contributed by atoms with Gasteiger partial charge < -0.3 is 19.6 Å². The van der Waals surface area contributed by atoms with Crippen LogP contribution in [0.25, 0.3) is 27.9 Å². The molecule has 2 aromatic heterocycles. The lowest BCUT2D eigenvalue weighted by Crippen LogP contribution is -2.22. The van der Waals surface area contributed by atoms with Crippen LogP contribution in [0.15, 0.2) is 104 Å². The SMILES string of the molecule is COc1ccc2cc(-c3nn(-c4ccccc4)c4c3C(c3ccc(Br)cc3)C(C#N)=C(N)O4)c(=O)oc2c1. The van der Waals surface area contributed by atoms with Gasteiger partial charge in [-0.3, -0.25) is 0 Å². The highest BCUT2D eigenvalue weighted by atomic mass is 79.9. The van der Waals surface area contributed by atoms with Crippen molar-refractivity contribution >= 4 is 26.9 Å². The van der Waals surface area contributed by atoms with Crippen LogP contribution in [0.2, 0.25) is 0 Å². The number of nitriles is 1. The first-order valence-electron chi connectivity index (χ1n) is 11.6. The number of nitrogens with zero attached hydrogens (tertiary/aromatic N) is 3. The average molecular weight is 567 g/mol. The first-order valence-corrected chi connectivity index (χ1v) is 12.4. The number of hydrogen-bond donors (Lipinski definition) is 1. The van der Waals surface area contributed by atoms with Crippen LogP contribution in [-0.4, -0.2) is 16.9 Å². The third-order valence-electron chi connectivity index (χ3n) is 6.45. The lowest BCUT2D eigenvalue weighted by Gasteiger charge is -2.25. The van der Waals surface area contributed by atoms with E-state index in [1.54, 1.807) is 30.0 Å². The molecule has 0 saturated carbocycles. The number of para-hydroxylation sites is 1. The average Bonchev–Trinajstić information content (AvgIpc) is 3.31. The summed E-state index contributed by atoms with van der Waals surface area (Å²) in [7, 11) is 1.55. The monoisotopic (exact) mass is 566 g/mol. The van der Waals surface area contributed by atoms with E-state index in [2.05, 4.69) is 22.0 Å². The molecule has 3 aromatic carbocycles. The molecule has 0 aliphatic carbocycles. The normalized spacial score (nSPS) is 14.6. The van der Waals surface area contributed by atoms with E-state index in [0.29, 0.717) is 39.5 Å². The Bertz CT molecular complexity index is 1830. The molecule has 6 rings (SSSR count). The smallest absolute Gasteiger partial charge is 0.345 e. The quantitative estimate of drug-likeness (QED) is 0.280. The van der Waals surface area contributed by atoms with E-state index in [-0.39, 0.29) is 17.0 Å². The fraction of sp³-hybridized carbons (Fsp3) is 0.0690. The Kier molecular flexibility index (Phi) is 5.74. The number of aromatic nitrogens is 2. The van der Waals surface area contributed by atoms with Gasteiger partial charge in [0.25, 0.3) is 0 Å². The zero-order valence-corrected chi connectivity index (χ0v) is 21.6. The van der Waals surface area contributed by atoms with Gasteiger partial charge in [0.05, 0.1) is 29.8 Å². The number of hydrogen-bond acceptors (Lipinski definition) is 7. The molecule has 9 heteroatoms. The minimum absolute atomic E-state index is 0.0193. The van der Waals surface area contributed by atoms with Crippen molar-refractivity contribution in [1.82, 2.24) is 9.78 Å². The van der Waals surface area contributed by atoms with Crippen LogP contribution in [0, 0.1) is 11.3 Å². The lowest BCUT2D eigenvalue weighted by molar-refractivity contribution is 0.367. The van der Waals surface area contributed by atoms with Gasteiger partial charge in [-0.2, -0.15) is 15.0 Å². The van der Waals surface area contributed by atoms with E-state index in [0.717, 1.165) is 10.0 Å². The van der Waals surface area contributed by atoms with Gasteiger partial charge >= 0.3 is 5.63 Å². The number of allylic oxidation sites excluding steroid dienone is 1. The fourth-order valence-corrected chi connectivity index (χ4v) is 4.92. The largest absolute Gasteiger partial charge is 0.497 e.